The summed E-state index contributed by atoms with van der Waals surface area (Å²) in [6, 6.07) is 1.10. The summed E-state index contributed by atoms with van der Waals surface area (Å²) in [6.07, 6.45) is 3.88. The summed E-state index contributed by atoms with van der Waals surface area (Å²) in [5.41, 5.74) is 6.27. The van der Waals surface area contributed by atoms with Crippen LogP contribution in [-0.2, 0) is 0 Å². The van der Waals surface area contributed by atoms with Crippen molar-refractivity contribution in [1.82, 2.24) is 4.90 Å². The van der Waals surface area contributed by atoms with Gasteiger partial charge < -0.3 is 5.73 Å². The lowest BCUT2D eigenvalue weighted by Gasteiger charge is -2.38. The Morgan fingerprint density at radius 3 is 2.20 bits per heavy atom. The van der Waals surface area contributed by atoms with Crippen molar-refractivity contribution in [3.05, 3.63) is 0 Å². The highest BCUT2D eigenvalue weighted by Gasteiger charge is 2.36. The number of rotatable bonds is 1. The Hall–Kier alpha value is -0.0800. The highest BCUT2D eigenvalue weighted by molar-refractivity contribution is 4.92. The van der Waals surface area contributed by atoms with E-state index in [0.717, 1.165) is 17.8 Å². The zero-order chi connectivity index (χ0) is 11.0. The Bertz CT molecular complexity index is 207. The van der Waals surface area contributed by atoms with Crippen LogP contribution in [0.15, 0.2) is 0 Å². The van der Waals surface area contributed by atoms with E-state index in [9.17, 15) is 0 Å². The molecule has 5 unspecified atom stereocenters. The van der Waals surface area contributed by atoms with Gasteiger partial charge in [0.05, 0.1) is 0 Å². The SMILES string of the molecule is CC1CCC(N)C(N2CC(C)C(C)C2)C1. The molecule has 0 radical (unpaired) electrons. The van der Waals surface area contributed by atoms with Crippen LogP contribution in [0.25, 0.3) is 0 Å². The largest absolute Gasteiger partial charge is 0.326 e. The minimum Gasteiger partial charge on any atom is -0.326 e. The molecule has 88 valence electrons. The maximum atomic E-state index is 6.27. The van der Waals surface area contributed by atoms with Gasteiger partial charge in [-0.3, -0.25) is 4.90 Å². The van der Waals surface area contributed by atoms with E-state index in [0.29, 0.717) is 12.1 Å². The molecule has 1 aliphatic carbocycles. The van der Waals surface area contributed by atoms with Gasteiger partial charge in [-0.15, -0.1) is 0 Å². The van der Waals surface area contributed by atoms with Crippen molar-refractivity contribution >= 4 is 0 Å². The molecule has 1 saturated carbocycles. The fourth-order valence-corrected chi connectivity index (χ4v) is 3.24. The summed E-state index contributed by atoms with van der Waals surface area (Å²) >= 11 is 0. The lowest BCUT2D eigenvalue weighted by atomic mass is 9.83. The van der Waals surface area contributed by atoms with E-state index >= 15 is 0 Å². The van der Waals surface area contributed by atoms with E-state index in [1.54, 1.807) is 0 Å². The molecule has 2 N–H and O–H groups in total. The van der Waals surface area contributed by atoms with Gasteiger partial charge in [-0.2, -0.15) is 0 Å². The van der Waals surface area contributed by atoms with Gasteiger partial charge in [0.15, 0.2) is 0 Å². The van der Waals surface area contributed by atoms with Crippen LogP contribution in [0.1, 0.15) is 40.0 Å². The van der Waals surface area contributed by atoms with Crippen molar-refractivity contribution in [2.45, 2.75) is 52.1 Å². The Kier molecular flexibility index (Phi) is 3.36. The fraction of sp³-hybridized carbons (Fsp3) is 1.00. The van der Waals surface area contributed by atoms with Crippen molar-refractivity contribution in [2.75, 3.05) is 13.1 Å². The highest BCUT2D eigenvalue weighted by Crippen LogP contribution is 2.32. The van der Waals surface area contributed by atoms with Crippen molar-refractivity contribution in [2.24, 2.45) is 23.5 Å². The number of hydrogen-bond acceptors (Lipinski definition) is 2. The standard InChI is InChI=1S/C13H26N2/c1-9-4-5-12(14)13(6-9)15-7-10(2)11(3)8-15/h9-13H,4-8,14H2,1-3H3. The molecule has 2 fully saturated rings. The topological polar surface area (TPSA) is 29.3 Å². The molecular weight excluding hydrogens is 184 g/mol. The lowest BCUT2D eigenvalue weighted by molar-refractivity contribution is 0.136. The molecule has 0 aromatic carbocycles. The first-order valence-electron chi connectivity index (χ1n) is 6.57. The van der Waals surface area contributed by atoms with Crippen LogP contribution in [0.2, 0.25) is 0 Å². The molecule has 1 aliphatic heterocycles. The average molecular weight is 210 g/mol. The van der Waals surface area contributed by atoms with Crippen LogP contribution in [0.5, 0.6) is 0 Å². The normalized spacial score (nSPS) is 48.4. The van der Waals surface area contributed by atoms with Crippen LogP contribution in [-0.4, -0.2) is 30.1 Å². The molecule has 0 aromatic rings. The van der Waals surface area contributed by atoms with Crippen molar-refractivity contribution in [3.8, 4) is 0 Å². The van der Waals surface area contributed by atoms with Crippen LogP contribution in [0.3, 0.4) is 0 Å². The first-order valence-corrected chi connectivity index (χ1v) is 6.57. The Morgan fingerprint density at radius 2 is 1.60 bits per heavy atom. The number of hydrogen-bond donors (Lipinski definition) is 1. The average Bonchev–Trinajstić information content (AvgIpc) is 2.51. The first kappa shape index (κ1) is 11.4. The number of likely N-dealkylation sites (tertiary alicyclic amines) is 1. The molecular formula is C13H26N2. The van der Waals surface area contributed by atoms with E-state index in [1.807, 2.05) is 0 Å². The van der Waals surface area contributed by atoms with Gasteiger partial charge in [0.1, 0.15) is 0 Å². The van der Waals surface area contributed by atoms with Gasteiger partial charge >= 0.3 is 0 Å². The van der Waals surface area contributed by atoms with E-state index in [4.69, 9.17) is 5.73 Å². The molecule has 2 nitrogen and oxygen atoms in total. The van der Waals surface area contributed by atoms with E-state index in [1.165, 1.54) is 32.4 Å². The molecule has 0 amide bonds. The summed E-state index contributed by atoms with van der Waals surface area (Å²) in [4.78, 5) is 2.66. The second-order valence-electron chi connectivity index (χ2n) is 6.06. The Balaban J connectivity index is 1.97. The van der Waals surface area contributed by atoms with Crippen LogP contribution in [0, 0.1) is 17.8 Å². The van der Waals surface area contributed by atoms with Gasteiger partial charge in [0.2, 0.25) is 0 Å². The molecule has 1 saturated heterocycles. The third-order valence-electron chi connectivity index (χ3n) is 4.62. The predicted molar refractivity (Wildman–Crippen MR) is 64.7 cm³/mol. The summed E-state index contributed by atoms with van der Waals surface area (Å²) in [5.74, 6) is 2.59. The fourth-order valence-electron chi connectivity index (χ4n) is 3.24. The van der Waals surface area contributed by atoms with Crippen LogP contribution >= 0.6 is 0 Å². The molecule has 0 bridgehead atoms. The van der Waals surface area contributed by atoms with E-state index in [-0.39, 0.29) is 0 Å². The van der Waals surface area contributed by atoms with Gasteiger partial charge in [-0.05, 0) is 37.0 Å². The second kappa shape index (κ2) is 4.42. The maximum absolute atomic E-state index is 6.27. The van der Waals surface area contributed by atoms with Crippen LogP contribution < -0.4 is 5.73 Å². The van der Waals surface area contributed by atoms with Gasteiger partial charge in [-0.25, -0.2) is 0 Å². The molecule has 5 atom stereocenters. The smallest absolute Gasteiger partial charge is 0.0249 e. The summed E-state index contributed by atoms with van der Waals surface area (Å²) in [6.45, 7) is 9.67. The van der Waals surface area contributed by atoms with Gasteiger partial charge in [0, 0.05) is 25.2 Å². The van der Waals surface area contributed by atoms with E-state index < -0.39 is 0 Å². The van der Waals surface area contributed by atoms with Crippen molar-refractivity contribution in [3.63, 3.8) is 0 Å². The molecule has 0 aromatic heterocycles. The highest BCUT2D eigenvalue weighted by atomic mass is 15.2. The summed E-state index contributed by atoms with van der Waals surface area (Å²) < 4.78 is 0. The predicted octanol–water partition coefficient (Wildman–Crippen LogP) is 2.09. The minimum atomic E-state index is 0.429. The quantitative estimate of drug-likeness (QED) is 0.718. The monoisotopic (exact) mass is 210 g/mol. The summed E-state index contributed by atoms with van der Waals surface area (Å²) in [7, 11) is 0. The molecule has 1 heterocycles. The first-order chi connectivity index (χ1) is 7.08. The van der Waals surface area contributed by atoms with E-state index in [2.05, 4.69) is 25.7 Å². The zero-order valence-corrected chi connectivity index (χ0v) is 10.4. The summed E-state index contributed by atoms with van der Waals surface area (Å²) in [5, 5.41) is 0. The number of nitrogens with two attached hydrogens (primary N) is 1. The van der Waals surface area contributed by atoms with Gasteiger partial charge in [0.25, 0.3) is 0 Å². The minimum absolute atomic E-state index is 0.429. The Labute approximate surface area is 94.2 Å². The van der Waals surface area contributed by atoms with Crippen molar-refractivity contribution < 1.29 is 0 Å². The molecule has 0 spiro atoms. The zero-order valence-electron chi connectivity index (χ0n) is 10.4. The lowest BCUT2D eigenvalue weighted by Crippen LogP contribution is -2.50. The van der Waals surface area contributed by atoms with Crippen molar-refractivity contribution in [1.29, 1.82) is 0 Å². The second-order valence-corrected chi connectivity index (χ2v) is 6.06. The van der Waals surface area contributed by atoms with Crippen LogP contribution in [0.4, 0.5) is 0 Å². The van der Waals surface area contributed by atoms with Gasteiger partial charge in [-0.1, -0.05) is 20.8 Å². The maximum Gasteiger partial charge on any atom is 0.0249 e. The molecule has 2 aliphatic rings. The molecule has 15 heavy (non-hydrogen) atoms. The molecule has 2 heteroatoms. The number of nitrogens with zero attached hydrogens (tertiary/aromatic N) is 1. The third-order valence-corrected chi connectivity index (χ3v) is 4.62. The molecule has 2 rings (SSSR count). The Morgan fingerprint density at radius 1 is 1.00 bits per heavy atom. The third kappa shape index (κ3) is 2.36.